The van der Waals surface area contributed by atoms with Gasteiger partial charge in [0.1, 0.15) is 5.82 Å². The van der Waals surface area contributed by atoms with E-state index in [9.17, 15) is 4.79 Å². The van der Waals surface area contributed by atoms with Gasteiger partial charge in [-0.25, -0.2) is 0 Å². The van der Waals surface area contributed by atoms with Crippen molar-refractivity contribution >= 4 is 17.7 Å². The molecule has 164 valence electrons. The van der Waals surface area contributed by atoms with Crippen LogP contribution in [0.4, 0.5) is 0 Å². The van der Waals surface area contributed by atoms with E-state index < -0.39 is 0 Å². The van der Waals surface area contributed by atoms with Crippen LogP contribution in [-0.4, -0.2) is 44.4 Å². The summed E-state index contributed by atoms with van der Waals surface area (Å²) in [5.74, 6) is 2.11. The molecule has 0 unspecified atom stereocenters. The highest BCUT2D eigenvalue weighted by atomic mass is 32.2. The molecule has 0 N–H and O–H groups in total. The molecular weight excluding hydrogens is 404 g/mol. The largest absolute Gasteiger partial charge is 0.343 e. The van der Waals surface area contributed by atoms with Gasteiger partial charge in [0.25, 0.3) is 0 Å². The number of para-hydroxylation sites is 1. The summed E-state index contributed by atoms with van der Waals surface area (Å²) in [6, 6.07) is 18.7. The Morgan fingerprint density at radius 2 is 1.68 bits per heavy atom. The molecule has 31 heavy (non-hydrogen) atoms. The molecule has 0 saturated heterocycles. The van der Waals surface area contributed by atoms with Gasteiger partial charge in [-0.1, -0.05) is 60.3 Å². The number of rotatable bonds is 11. The smallest absolute Gasteiger partial charge is 0.222 e. The van der Waals surface area contributed by atoms with Gasteiger partial charge in [-0.15, -0.1) is 10.2 Å². The Bertz CT molecular complexity index is 967. The lowest BCUT2D eigenvalue weighted by Crippen LogP contribution is -2.30. The van der Waals surface area contributed by atoms with Crippen molar-refractivity contribution < 1.29 is 4.79 Å². The average molecular weight is 437 g/mol. The van der Waals surface area contributed by atoms with Crippen molar-refractivity contribution in [2.75, 3.05) is 18.8 Å². The van der Waals surface area contributed by atoms with Crippen molar-refractivity contribution in [1.82, 2.24) is 19.7 Å². The normalized spacial score (nSPS) is 10.9. The highest BCUT2D eigenvalue weighted by Crippen LogP contribution is 2.26. The van der Waals surface area contributed by atoms with Crippen molar-refractivity contribution in [2.45, 2.75) is 51.6 Å². The van der Waals surface area contributed by atoms with E-state index in [-0.39, 0.29) is 5.91 Å². The summed E-state index contributed by atoms with van der Waals surface area (Å²) < 4.78 is 2.19. The second-order valence-electron chi connectivity index (χ2n) is 7.55. The van der Waals surface area contributed by atoms with Crippen LogP contribution in [0.15, 0.2) is 59.8 Å². The molecule has 0 aliphatic heterocycles. The lowest BCUT2D eigenvalue weighted by molar-refractivity contribution is -0.130. The highest BCUT2D eigenvalue weighted by Gasteiger charge is 2.16. The molecule has 0 fully saturated rings. The fourth-order valence-electron chi connectivity index (χ4n) is 3.62. The third-order valence-electron chi connectivity index (χ3n) is 5.39. The number of unbranched alkanes of at least 4 members (excludes halogenated alkanes) is 1. The Morgan fingerprint density at radius 1 is 0.968 bits per heavy atom. The maximum absolute atomic E-state index is 12.2. The number of thioether (sulfide) groups is 1. The molecule has 0 aliphatic rings. The lowest BCUT2D eigenvalue weighted by Gasteiger charge is -2.18. The summed E-state index contributed by atoms with van der Waals surface area (Å²) in [4.78, 5) is 14.1. The van der Waals surface area contributed by atoms with E-state index in [0.29, 0.717) is 6.42 Å². The third-order valence-corrected chi connectivity index (χ3v) is 6.41. The molecule has 0 saturated carbocycles. The molecule has 3 aromatic rings. The first-order chi connectivity index (χ1) is 15.1. The Kier molecular flexibility index (Phi) is 8.71. The van der Waals surface area contributed by atoms with E-state index in [4.69, 9.17) is 0 Å². The molecular formula is C25H32N4OS. The third kappa shape index (κ3) is 6.20. The monoisotopic (exact) mass is 436 g/mol. The number of carbonyl (C=O) groups is 1. The number of aromatic nitrogens is 3. The summed E-state index contributed by atoms with van der Waals surface area (Å²) in [5.41, 5.74) is 3.54. The molecule has 3 rings (SSSR count). The van der Waals surface area contributed by atoms with Crippen LogP contribution in [0.25, 0.3) is 5.69 Å². The minimum atomic E-state index is 0.253. The van der Waals surface area contributed by atoms with Crippen LogP contribution in [0.1, 0.15) is 50.1 Å². The van der Waals surface area contributed by atoms with Crippen LogP contribution in [0.5, 0.6) is 0 Å². The quantitative estimate of drug-likeness (QED) is 0.302. The first-order valence-electron chi connectivity index (χ1n) is 11.1. The molecule has 1 aromatic heterocycles. The number of benzene rings is 2. The molecule has 0 bridgehead atoms. The van der Waals surface area contributed by atoms with Crippen LogP contribution < -0.4 is 0 Å². The van der Waals surface area contributed by atoms with E-state index >= 15 is 0 Å². The van der Waals surface area contributed by atoms with Crippen LogP contribution in [-0.2, 0) is 11.2 Å². The number of hydrogen-bond donors (Lipinski definition) is 0. The zero-order valence-electron chi connectivity index (χ0n) is 18.8. The van der Waals surface area contributed by atoms with Gasteiger partial charge in [0.15, 0.2) is 5.16 Å². The Labute approximate surface area is 189 Å². The topological polar surface area (TPSA) is 51.0 Å². The zero-order valence-corrected chi connectivity index (χ0v) is 19.6. The van der Waals surface area contributed by atoms with Gasteiger partial charge >= 0.3 is 0 Å². The van der Waals surface area contributed by atoms with Gasteiger partial charge in [-0.05, 0) is 50.8 Å². The molecule has 1 amide bonds. The standard InChI is InChI=1S/C25H32N4OS/c1-4-28(5-2)24(30)17-11-12-18-31-25-27-26-23(19-21-14-7-6-8-15-21)29(25)22-16-10-9-13-20(22)3/h6-10,13-16H,4-5,11-12,17-19H2,1-3H3. The predicted octanol–water partition coefficient (Wildman–Crippen LogP) is 5.30. The summed E-state index contributed by atoms with van der Waals surface area (Å²) in [6.45, 7) is 7.75. The predicted molar refractivity (Wildman–Crippen MR) is 128 cm³/mol. The number of nitrogens with zero attached hydrogens (tertiary/aromatic N) is 4. The molecule has 0 aliphatic carbocycles. The molecule has 0 spiro atoms. The first kappa shape index (κ1) is 23.1. The molecule has 1 heterocycles. The summed E-state index contributed by atoms with van der Waals surface area (Å²) in [6.07, 6.45) is 3.23. The van der Waals surface area contributed by atoms with Crippen LogP contribution in [0.2, 0.25) is 0 Å². The van der Waals surface area contributed by atoms with Gasteiger partial charge in [0, 0.05) is 31.7 Å². The van der Waals surface area contributed by atoms with Gasteiger partial charge < -0.3 is 4.90 Å². The van der Waals surface area contributed by atoms with Crippen molar-refractivity contribution in [3.05, 3.63) is 71.5 Å². The minimum Gasteiger partial charge on any atom is -0.343 e. The average Bonchev–Trinajstić information content (AvgIpc) is 3.17. The van der Waals surface area contributed by atoms with Gasteiger partial charge in [-0.2, -0.15) is 0 Å². The Hall–Kier alpha value is -2.60. The van der Waals surface area contributed by atoms with E-state index in [1.165, 1.54) is 11.1 Å². The summed E-state index contributed by atoms with van der Waals surface area (Å²) in [5, 5.41) is 9.96. The van der Waals surface area contributed by atoms with E-state index in [0.717, 1.165) is 54.8 Å². The van der Waals surface area contributed by atoms with E-state index in [1.807, 2.05) is 24.8 Å². The first-order valence-corrected chi connectivity index (χ1v) is 12.1. The van der Waals surface area contributed by atoms with Crippen molar-refractivity contribution in [3.63, 3.8) is 0 Å². The summed E-state index contributed by atoms with van der Waals surface area (Å²) >= 11 is 1.72. The van der Waals surface area contributed by atoms with Gasteiger partial charge in [0.05, 0.1) is 5.69 Å². The zero-order chi connectivity index (χ0) is 22.1. The number of aryl methyl sites for hydroxylation is 1. The maximum Gasteiger partial charge on any atom is 0.222 e. The van der Waals surface area contributed by atoms with Crippen LogP contribution in [0, 0.1) is 6.92 Å². The van der Waals surface area contributed by atoms with E-state index in [1.54, 1.807) is 11.8 Å². The molecule has 0 atom stereocenters. The number of hydrogen-bond acceptors (Lipinski definition) is 4. The Morgan fingerprint density at radius 3 is 2.39 bits per heavy atom. The lowest BCUT2D eigenvalue weighted by atomic mass is 10.1. The van der Waals surface area contributed by atoms with Gasteiger partial charge in [0.2, 0.25) is 5.91 Å². The molecule has 5 nitrogen and oxygen atoms in total. The van der Waals surface area contributed by atoms with Crippen LogP contribution >= 0.6 is 11.8 Å². The fourth-order valence-corrected chi connectivity index (χ4v) is 4.58. The maximum atomic E-state index is 12.2. The highest BCUT2D eigenvalue weighted by molar-refractivity contribution is 7.99. The number of carbonyl (C=O) groups excluding carboxylic acids is 1. The number of amides is 1. The SMILES string of the molecule is CCN(CC)C(=O)CCCCSc1nnc(Cc2ccccc2)n1-c1ccccc1C. The molecule has 2 aromatic carbocycles. The van der Waals surface area contributed by atoms with Gasteiger partial charge in [-0.3, -0.25) is 9.36 Å². The van der Waals surface area contributed by atoms with Crippen molar-refractivity contribution in [3.8, 4) is 5.69 Å². The second-order valence-corrected chi connectivity index (χ2v) is 8.62. The minimum absolute atomic E-state index is 0.253. The van der Waals surface area contributed by atoms with Crippen molar-refractivity contribution in [1.29, 1.82) is 0 Å². The van der Waals surface area contributed by atoms with Crippen molar-refractivity contribution in [2.24, 2.45) is 0 Å². The van der Waals surface area contributed by atoms with E-state index in [2.05, 4.69) is 70.2 Å². The second kappa shape index (κ2) is 11.7. The summed E-state index contributed by atoms with van der Waals surface area (Å²) in [7, 11) is 0. The Balaban J connectivity index is 1.69. The fraction of sp³-hybridized carbons (Fsp3) is 0.400. The molecule has 6 heteroatoms. The van der Waals surface area contributed by atoms with Crippen LogP contribution in [0.3, 0.4) is 0 Å². The molecule has 0 radical (unpaired) electrons.